The van der Waals surface area contributed by atoms with Crippen molar-refractivity contribution < 1.29 is 4.74 Å². The molecule has 2 aliphatic heterocycles. The molecule has 2 aliphatic rings. The molecule has 21 heavy (non-hydrogen) atoms. The number of nitrogen functional groups attached to an aromatic ring is 1. The SMILES string of the molecule is CC(C)C1CCN(c2nc(N)nc(N3CCOCC3)n2)C1. The van der Waals surface area contributed by atoms with E-state index >= 15 is 0 Å². The average molecular weight is 292 g/mol. The van der Waals surface area contributed by atoms with E-state index in [-0.39, 0.29) is 0 Å². The first-order chi connectivity index (χ1) is 10.1. The summed E-state index contributed by atoms with van der Waals surface area (Å²) in [5, 5.41) is 0. The monoisotopic (exact) mass is 292 g/mol. The summed E-state index contributed by atoms with van der Waals surface area (Å²) in [7, 11) is 0. The van der Waals surface area contributed by atoms with E-state index in [1.54, 1.807) is 0 Å². The number of hydrogen-bond acceptors (Lipinski definition) is 7. The molecule has 0 saturated carbocycles. The molecule has 2 saturated heterocycles. The molecule has 0 aromatic carbocycles. The molecule has 1 aromatic heterocycles. The highest BCUT2D eigenvalue weighted by atomic mass is 16.5. The number of morpholine rings is 1. The number of nitrogens with two attached hydrogens (primary N) is 1. The number of anilines is 3. The van der Waals surface area contributed by atoms with Crippen LogP contribution in [-0.2, 0) is 4.74 Å². The Morgan fingerprint density at radius 3 is 2.33 bits per heavy atom. The largest absolute Gasteiger partial charge is 0.378 e. The molecule has 7 nitrogen and oxygen atoms in total. The smallest absolute Gasteiger partial charge is 0.232 e. The number of ether oxygens (including phenoxy) is 1. The van der Waals surface area contributed by atoms with Crippen LogP contribution in [0, 0.1) is 11.8 Å². The van der Waals surface area contributed by atoms with Crippen molar-refractivity contribution in [3.05, 3.63) is 0 Å². The molecule has 116 valence electrons. The maximum atomic E-state index is 5.88. The van der Waals surface area contributed by atoms with Crippen molar-refractivity contribution in [3.63, 3.8) is 0 Å². The van der Waals surface area contributed by atoms with Crippen LogP contribution < -0.4 is 15.5 Å². The van der Waals surface area contributed by atoms with Gasteiger partial charge in [0.05, 0.1) is 13.2 Å². The lowest BCUT2D eigenvalue weighted by atomic mass is 9.95. The highest BCUT2D eigenvalue weighted by Gasteiger charge is 2.27. The number of hydrogen-bond donors (Lipinski definition) is 1. The van der Waals surface area contributed by atoms with Gasteiger partial charge in [0.1, 0.15) is 0 Å². The van der Waals surface area contributed by atoms with Gasteiger partial charge in [-0.15, -0.1) is 0 Å². The Morgan fingerprint density at radius 1 is 1.05 bits per heavy atom. The molecule has 1 unspecified atom stereocenters. The predicted octanol–water partition coefficient (Wildman–Crippen LogP) is 0.773. The van der Waals surface area contributed by atoms with E-state index < -0.39 is 0 Å². The lowest BCUT2D eigenvalue weighted by Gasteiger charge is -2.27. The minimum Gasteiger partial charge on any atom is -0.378 e. The molecule has 3 rings (SSSR count). The fraction of sp³-hybridized carbons (Fsp3) is 0.786. The molecule has 1 atom stereocenters. The molecule has 0 aliphatic carbocycles. The predicted molar refractivity (Wildman–Crippen MR) is 82.4 cm³/mol. The van der Waals surface area contributed by atoms with E-state index in [0.29, 0.717) is 42.9 Å². The van der Waals surface area contributed by atoms with Crippen LogP contribution in [0.15, 0.2) is 0 Å². The summed E-state index contributed by atoms with van der Waals surface area (Å²) in [6.45, 7) is 9.57. The minimum absolute atomic E-state index is 0.300. The lowest BCUT2D eigenvalue weighted by molar-refractivity contribution is 0.122. The van der Waals surface area contributed by atoms with Gasteiger partial charge in [-0.05, 0) is 18.3 Å². The molecule has 0 amide bonds. The van der Waals surface area contributed by atoms with Gasteiger partial charge in [-0.25, -0.2) is 0 Å². The Bertz CT molecular complexity index is 488. The van der Waals surface area contributed by atoms with Gasteiger partial charge in [-0.2, -0.15) is 15.0 Å². The van der Waals surface area contributed by atoms with Crippen molar-refractivity contribution in [3.8, 4) is 0 Å². The third-order valence-electron chi connectivity index (χ3n) is 4.37. The van der Waals surface area contributed by atoms with Gasteiger partial charge in [0.15, 0.2) is 0 Å². The second kappa shape index (κ2) is 6.01. The molecule has 2 N–H and O–H groups in total. The van der Waals surface area contributed by atoms with Crippen molar-refractivity contribution in [2.45, 2.75) is 20.3 Å². The van der Waals surface area contributed by atoms with Crippen molar-refractivity contribution in [2.75, 3.05) is 54.9 Å². The van der Waals surface area contributed by atoms with Gasteiger partial charge in [0.2, 0.25) is 17.8 Å². The number of aromatic nitrogens is 3. The topological polar surface area (TPSA) is 80.4 Å². The normalized spacial score (nSPS) is 23.1. The van der Waals surface area contributed by atoms with Gasteiger partial charge < -0.3 is 20.3 Å². The zero-order valence-corrected chi connectivity index (χ0v) is 12.8. The minimum atomic E-state index is 0.300. The van der Waals surface area contributed by atoms with E-state index in [1.807, 2.05) is 0 Å². The third-order valence-corrected chi connectivity index (χ3v) is 4.37. The summed E-state index contributed by atoms with van der Waals surface area (Å²) in [5.74, 6) is 3.08. The van der Waals surface area contributed by atoms with Crippen LogP contribution in [0.3, 0.4) is 0 Å². The van der Waals surface area contributed by atoms with Gasteiger partial charge in [0.25, 0.3) is 0 Å². The lowest BCUT2D eigenvalue weighted by Crippen LogP contribution is -2.38. The van der Waals surface area contributed by atoms with Crippen molar-refractivity contribution >= 4 is 17.8 Å². The summed E-state index contributed by atoms with van der Waals surface area (Å²) >= 11 is 0. The zero-order chi connectivity index (χ0) is 14.8. The van der Waals surface area contributed by atoms with E-state index in [0.717, 1.165) is 26.2 Å². The summed E-state index contributed by atoms with van der Waals surface area (Å²) in [6, 6.07) is 0. The molecule has 1 aromatic rings. The Morgan fingerprint density at radius 2 is 1.71 bits per heavy atom. The van der Waals surface area contributed by atoms with Gasteiger partial charge >= 0.3 is 0 Å². The highest BCUT2D eigenvalue weighted by Crippen LogP contribution is 2.27. The number of rotatable bonds is 3. The Kier molecular flexibility index (Phi) is 4.10. The molecule has 0 bridgehead atoms. The highest BCUT2D eigenvalue weighted by molar-refractivity contribution is 5.44. The van der Waals surface area contributed by atoms with Gasteiger partial charge in [0, 0.05) is 26.2 Å². The van der Waals surface area contributed by atoms with E-state index in [2.05, 4.69) is 38.6 Å². The van der Waals surface area contributed by atoms with E-state index in [1.165, 1.54) is 6.42 Å². The fourth-order valence-corrected chi connectivity index (χ4v) is 2.93. The fourth-order valence-electron chi connectivity index (χ4n) is 2.93. The zero-order valence-electron chi connectivity index (χ0n) is 12.8. The standard InChI is InChI=1S/C14H24N6O/c1-10(2)11-3-4-20(9-11)14-17-12(15)16-13(18-14)19-5-7-21-8-6-19/h10-11H,3-9H2,1-2H3,(H2,15,16,17,18). The molecule has 7 heteroatoms. The van der Waals surface area contributed by atoms with Crippen molar-refractivity contribution in [2.24, 2.45) is 11.8 Å². The summed E-state index contributed by atoms with van der Waals surface area (Å²) in [6.07, 6.45) is 1.19. The van der Waals surface area contributed by atoms with Crippen molar-refractivity contribution in [1.29, 1.82) is 0 Å². The molecular formula is C14H24N6O. The van der Waals surface area contributed by atoms with Crippen LogP contribution in [0.4, 0.5) is 17.8 Å². The Balaban J connectivity index is 1.78. The van der Waals surface area contributed by atoms with Crippen LogP contribution in [0.1, 0.15) is 20.3 Å². The van der Waals surface area contributed by atoms with Crippen LogP contribution in [-0.4, -0.2) is 54.3 Å². The first-order valence-corrected chi connectivity index (χ1v) is 7.72. The second-order valence-electron chi connectivity index (χ2n) is 6.13. The summed E-state index contributed by atoms with van der Waals surface area (Å²) in [5.41, 5.74) is 5.88. The summed E-state index contributed by atoms with van der Waals surface area (Å²) in [4.78, 5) is 17.6. The van der Waals surface area contributed by atoms with Crippen LogP contribution in [0.25, 0.3) is 0 Å². The van der Waals surface area contributed by atoms with E-state index in [9.17, 15) is 0 Å². The van der Waals surface area contributed by atoms with Crippen molar-refractivity contribution in [1.82, 2.24) is 15.0 Å². The second-order valence-corrected chi connectivity index (χ2v) is 6.13. The average Bonchev–Trinajstić information content (AvgIpc) is 2.98. The van der Waals surface area contributed by atoms with Crippen LogP contribution >= 0.6 is 0 Å². The quantitative estimate of drug-likeness (QED) is 0.881. The van der Waals surface area contributed by atoms with Crippen LogP contribution in [0.2, 0.25) is 0 Å². The molecule has 0 radical (unpaired) electrons. The Hall–Kier alpha value is -1.63. The van der Waals surface area contributed by atoms with Crippen LogP contribution in [0.5, 0.6) is 0 Å². The molecule has 3 heterocycles. The summed E-state index contributed by atoms with van der Waals surface area (Å²) < 4.78 is 5.37. The Labute approximate surface area is 125 Å². The maximum absolute atomic E-state index is 5.88. The number of nitrogens with zero attached hydrogens (tertiary/aromatic N) is 5. The van der Waals surface area contributed by atoms with Gasteiger partial charge in [-0.1, -0.05) is 13.8 Å². The molecule has 2 fully saturated rings. The van der Waals surface area contributed by atoms with Gasteiger partial charge in [-0.3, -0.25) is 0 Å². The first-order valence-electron chi connectivity index (χ1n) is 7.72. The first kappa shape index (κ1) is 14.3. The molecular weight excluding hydrogens is 268 g/mol. The molecule has 0 spiro atoms. The van der Waals surface area contributed by atoms with E-state index in [4.69, 9.17) is 10.5 Å². The maximum Gasteiger partial charge on any atom is 0.232 e. The third kappa shape index (κ3) is 3.18.